The van der Waals surface area contributed by atoms with Crippen molar-refractivity contribution >= 4 is 39.8 Å². The van der Waals surface area contributed by atoms with E-state index in [9.17, 15) is 4.79 Å². The van der Waals surface area contributed by atoms with Crippen LogP contribution in [-0.2, 0) is 5.54 Å². The van der Waals surface area contributed by atoms with Crippen LogP contribution in [0.3, 0.4) is 0 Å². The molecule has 2 aliphatic rings. The van der Waals surface area contributed by atoms with Gasteiger partial charge in [0.2, 0.25) is 0 Å². The van der Waals surface area contributed by atoms with E-state index in [2.05, 4.69) is 37.4 Å². The van der Waals surface area contributed by atoms with Crippen LogP contribution in [0.15, 0.2) is 12.3 Å². The van der Waals surface area contributed by atoms with Gasteiger partial charge in [-0.1, -0.05) is 19.3 Å². The number of halogens is 1. The highest BCUT2D eigenvalue weighted by Gasteiger charge is 2.44. The lowest BCUT2D eigenvalue weighted by atomic mass is 9.80. The molecular formula is C15H17IN4O. The second kappa shape index (κ2) is 4.66. The molecule has 5 nitrogen and oxygen atoms in total. The van der Waals surface area contributed by atoms with Gasteiger partial charge >= 0.3 is 0 Å². The van der Waals surface area contributed by atoms with Crippen molar-refractivity contribution in [3.05, 3.63) is 23.8 Å². The second-order valence-corrected chi connectivity index (χ2v) is 7.34. The number of fused-ring (bicyclic) bond motifs is 4. The second-order valence-electron chi connectivity index (χ2n) is 6.17. The number of aryl methyl sites for hydroxylation is 1. The molecule has 6 heteroatoms. The molecule has 2 aromatic rings. The predicted molar refractivity (Wildman–Crippen MR) is 88.4 cm³/mol. The molecule has 1 aliphatic carbocycles. The molecule has 0 N–H and O–H groups in total. The maximum absolute atomic E-state index is 12.5. The van der Waals surface area contributed by atoms with Crippen LogP contribution in [0.2, 0.25) is 0 Å². The summed E-state index contributed by atoms with van der Waals surface area (Å²) in [6, 6.07) is 1.96. The average Bonchev–Trinajstić information content (AvgIpc) is 2.85. The molecule has 0 atom stereocenters. The number of rotatable bonds is 0. The van der Waals surface area contributed by atoms with E-state index in [4.69, 9.17) is 0 Å². The summed E-state index contributed by atoms with van der Waals surface area (Å²) in [5, 5.41) is 0.973. The van der Waals surface area contributed by atoms with Crippen molar-refractivity contribution < 1.29 is 4.79 Å². The van der Waals surface area contributed by atoms with Gasteiger partial charge in [-0.15, -0.1) is 0 Å². The van der Waals surface area contributed by atoms with E-state index in [0.717, 1.165) is 41.9 Å². The van der Waals surface area contributed by atoms with Gasteiger partial charge in [0.05, 0.1) is 34.9 Å². The zero-order chi connectivity index (χ0) is 14.6. The highest BCUT2D eigenvalue weighted by Crippen LogP contribution is 2.43. The number of carbonyl (C=O) groups excluding carboxylic acids is 1. The van der Waals surface area contributed by atoms with Crippen LogP contribution in [0.5, 0.6) is 0 Å². The maximum atomic E-state index is 12.5. The Hall–Kier alpha value is -1.18. The Morgan fingerprint density at radius 3 is 2.81 bits per heavy atom. The fourth-order valence-electron chi connectivity index (χ4n) is 3.83. The Morgan fingerprint density at radius 2 is 2.05 bits per heavy atom. The molecule has 1 aliphatic heterocycles. The third-order valence-electron chi connectivity index (χ3n) is 4.79. The van der Waals surface area contributed by atoms with Gasteiger partial charge in [-0.3, -0.25) is 7.91 Å². The van der Waals surface area contributed by atoms with Crippen molar-refractivity contribution in [2.24, 2.45) is 0 Å². The Kier molecular flexibility index (Phi) is 2.99. The van der Waals surface area contributed by atoms with Crippen LogP contribution in [-0.4, -0.2) is 30.1 Å². The lowest BCUT2D eigenvalue weighted by Crippen LogP contribution is -2.51. The van der Waals surface area contributed by atoms with E-state index in [-0.39, 0.29) is 11.4 Å². The molecule has 1 saturated carbocycles. The molecule has 3 heterocycles. The van der Waals surface area contributed by atoms with Crippen molar-refractivity contribution in [2.45, 2.75) is 44.6 Å². The van der Waals surface area contributed by atoms with Gasteiger partial charge in [-0.05, 0) is 25.8 Å². The average molecular weight is 396 g/mol. The van der Waals surface area contributed by atoms with Crippen molar-refractivity contribution in [1.29, 1.82) is 0 Å². The molecule has 2 aromatic heterocycles. The normalized spacial score (nSPS) is 21.0. The number of nitrogens with zero attached hydrogens (tertiary/aromatic N) is 4. The Labute approximate surface area is 137 Å². The minimum atomic E-state index is 0.0191. The van der Waals surface area contributed by atoms with E-state index in [1.165, 1.54) is 19.3 Å². The Morgan fingerprint density at radius 1 is 1.29 bits per heavy atom. The number of carbonyl (C=O) groups is 1. The van der Waals surface area contributed by atoms with Gasteiger partial charge < -0.3 is 4.57 Å². The Bertz CT molecular complexity index is 733. The van der Waals surface area contributed by atoms with Crippen LogP contribution in [0.1, 0.15) is 48.4 Å². The van der Waals surface area contributed by atoms with Gasteiger partial charge in [-0.25, -0.2) is 9.97 Å². The van der Waals surface area contributed by atoms with Gasteiger partial charge in [0.25, 0.3) is 5.91 Å². The molecule has 1 fully saturated rings. The summed E-state index contributed by atoms with van der Waals surface area (Å²) in [5.74, 6) is 0.848. The van der Waals surface area contributed by atoms with Crippen LogP contribution >= 0.6 is 22.9 Å². The molecule has 21 heavy (non-hydrogen) atoms. The number of hydrogen-bond acceptors (Lipinski definition) is 3. The fraction of sp³-hybridized carbons (Fsp3) is 0.533. The first kappa shape index (κ1) is 13.5. The largest absolute Gasteiger partial charge is 0.313 e. The number of hydrogen-bond donors (Lipinski definition) is 0. The zero-order valence-electron chi connectivity index (χ0n) is 12.0. The predicted octanol–water partition coefficient (Wildman–Crippen LogP) is 3.20. The fourth-order valence-corrected chi connectivity index (χ4v) is 4.71. The first-order valence-corrected chi connectivity index (χ1v) is 8.40. The number of amides is 1. The zero-order valence-corrected chi connectivity index (χ0v) is 14.1. The van der Waals surface area contributed by atoms with Crippen LogP contribution in [0.4, 0.5) is 0 Å². The molecule has 0 bridgehead atoms. The third kappa shape index (κ3) is 1.91. The highest BCUT2D eigenvalue weighted by molar-refractivity contribution is 14.1. The molecule has 110 valence electrons. The van der Waals surface area contributed by atoms with Gasteiger partial charge in [0.15, 0.2) is 0 Å². The molecule has 4 rings (SSSR count). The number of aromatic nitrogens is 3. The summed E-state index contributed by atoms with van der Waals surface area (Å²) in [6.07, 6.45) is 7.83. The lowest BCUT2D eigenvalue weighted by Gasteiger charge is -2.45. The third-order valence-corrected chi connectivity index (χ3v) is 5.57. The van der Waals surface area contributed by atoms with Gasteiger partial charge in [-0.2, -0.15) is 0 Å². The highest BCUT2D eigenvalue weighted by atomic mass is 127. The standard InChI is InChI=1S/C15H17IN4O/c1-10-17-8-11-7-12-14(21)19(16)9-15(5-3-2-4-6-15)20(12)13(11)18-10/h7-8H,2-6,9H2,1H3. The van der Waals surface area contributed by atoms with E-state index in [1.54, 1.807) is 0 Å². The van der Waals surface area contributed by atoms with Gasteiger partial charge in [0.1, 0.15) is 17.2 Å². The van der Waals surface area contributed by atoms with Crippen LogP contribution in [0, 0.1) is 6.92 Å². The topological polar surface area (TPSA) is 51.0 Å². The molecule has 1 spiro atoms. The van der Waals surface area contributed by atoms with E-state index < -0.39 is 0 Å². The maximum Gasteiger partial charge on any atom is 0.279 e. The summed E-state index contributed by atoms with van der Waals surface area (Å²) in [7, 11) is 0. The minimum absolute atomic E-state index is 0.0191. The Balaban J connectivity index is 2.02. The lowest BCUT2D eigenvalue weighted by molar-refractivity contribution is 0.0713. The quantitative estimate of drug-likeness (QED) is 0.508. The van der Waals surface area contributed by atoms with Crippen molar-refractivity contribution in [3.63, 3.8) is 0 Å². The first-order valence-electron chi connectivity index (χ1n) is 7.44. The van der Waals surface area contributed by atoms with Crippen molar-refractivity contribution in [2.75, 3.05) is 6.54 Å². The molecular weight excluding hydrogens is 379 g/mol. The molecule has 0 aromatic carbocycles. The van der Waals surface area contributed by atoms with E-state index >= 15 is 0 Å². The summed E-state index contributed by atoms with van der Waals surface area (Å²) in [6.45, 7) is 2.69. The molecule has 1 amide bonds. The van der Waals surface area contributed by atoms with Crippen molar-refractivity contribution in [1.82, 2.24) is 17.6 Å². The summed E-state index contributed by atoms with van der Waals surface area (Å²) >= 11 is 2.16. The summed E-state index contributed by atoms with van der Waals surface area (Å²) < 4.78 is 4.07. The smallest absolute Gasteiger partial charge is 0.279 e. The van der Waals surface area contributed by atoms with E-state index in [0.29, 0.717) is 0 Å². The SMILES string of the molecule is Cc1ncc2cc3n(c2n1)C1(CCCCC1)CN(I)C3=O. The molecule has 0 radical (unpaired) electrons. The minimum Gasteiger partial charge on any atom is -0.313 e. The van der Waals surface area contributed by atoms with Gasteiger partial charge in [0, 0.05) is 11.6 Å². The summed E-state index contributed by atoms with van der Waals surface area (Å²) in [5.41, 5.74) is 1.72. The van der Waals surface area contributed by atoms with Crippen molar-refractivity contribution in [3.8, 4) is 0 Å². The first-order chi connectivity index (χ1) is 10.1. The van der Waals surface area contributed by atoms with Crippen LogP contribution < -0.4 is 0 Å². The van der Waals surface area contributed by atoms with E-state index in [1.807, 2.05) is 22.3 Å². The molecule has 0 saturated heterocycles. The summed E-state index contributed by atoms with van der Waals surface area (Å²) in [4.78, 5) is 21.5. The monoisotopic (exact) mass is 396 g/mol. The van der Waals surface area contributed by atoms with Crippen LogP contribution in [0.25, 0.3) is 11.0 Å². The molecule has 0 unspecified atom stereocenters.